The van der Waals surface area contributed by atoms with Gasteiger partial charge in [0.1, 0.15) is 12.7 Å². The molecule has 0 aliphatic heterocycles. The van der Waals surface area contributed by atoms with Crippen LogP contribution in [-0.4, -0.2) is 23.0 Å². The largest absolute Gasteiger partial charge is 0.462 e. The predicted octanol–water partition coefficient (Wildman–Crippen LogP) is 4.09. The normalized spacial score (nSPS) is 11.9. The summed E-state index contributed by atoms with van der Waals surface area (Å²) in [5, 5.41) is 10.8. The molecule has 7 heteroatoms. The lowest BCUT2D eigenvalue weighted by Gasteiger charge is -2.20. The second kappa shape index (κ2) is 10.5. The monoisotopic (exact) mass is 365 g/mol. The third kappa shape index (κ3) is 7.21. The molecule has 0 radical (unpaired) electrons. The van der Waals surface area contributed by atoms with Crippen molar-refractivity contribution in [1.29, 1.82) is 0 Å². The van der Waals surface area contributed by atoms with E-state index in [2.05, 4.69) is 0 Å². The van der Waals surface area contributed by atoms with E-state index in [-0.39, 0.29) is 37.2 Å². The molecule has 0 saturated carbocycles. The van der Waals surface area contributed by atoms with Crippen molar-refractivity contribution in [3.8, 4) is 0 Å². The number of nitrogens with zero attached hydrogens (tertiary/aromatic N) is 1. The number of ether oxygens (including phenoxy) is 2. The summed E-state index contributed by atoms with van der Waals surface area (Å²) < 4.78 is 10.5. The molecular weight excluding hydrogens is 338 g/mol. The van der Waals surface area contributed by atoms with Crippen LogP contribution in [0, 0.1) is 23.0 Å². The van der Waals surface area contributed by atoms with Gasteiger partial charge in [0, 0.05) is 11.6 Å². The molecule has 0 aromatic heterocycles. The fourth-order valence-electron chi connectivity index (χ4n) is 2.49. The number of nitro benzene ring substituents is 1. The first-order valence-electron chi connectivity index (χ1n) is 8.83. The first-order valence-corrected chi connectivity index (χ1v) is 8.83. The fourth-order valence-corrected chi connectivity index (χ4v) is 2.49. The number of rotatable bonds is 10. The highest BCUT2D eigenvalue weighted by Crippen LogP contribution is 2.19. The standard InChI is InChI=1S/C19H27NO6/c1-5-6-17(13(2)3)26-19(22)10-9-18(21)25-12-15-7-8-16(20(23)24)14(4)11-15/h7-8,11,13,17H,5-6,9-10,12H2,1-4H3. The second-order valence-electron chi connectivity index (χ2n) is 6.60. The molecule has 1 aromatic carbocycles. The van der Waals surface area contributed by atoms with E-state index in [1.54, 1.807) is 19.1 Å². The molecule has 0 fully saturated rings. The fraction of sp³-hybridized carbons (Fsp3) is 0.579. The SMILES string of the molecule is CCCC(OC(=O)CCC(=O)OCc1ccc([N+](=O)[O-])c(C)c1)C(C)C. The number of esters is 2. The summed E-state index contributed by atoms with van der Waals surface area (Å²) in [6.45, 7) is 7.65. The molecule has 26 heavy (non-hydrogen) atoms. The molecule has 0 spiro atoms. The Morgan fingerprint density at radius 3 is 2.38 bits per heavy atom. The maximum Gasteiger partial charge on any atom is 0.306 e. The smallest absolute Gasteiger partial charge is 0.306 e. The summed E-state index contributed by atoms with van der Waals surface area (Å²) >= 11 is 0. The van der Waals surface area contributed by atoms with Crippen molar-refractivity contribution < 1.29 is 24.0 Å². The molecule has 0 amide bonds. The summed E-state index contributed by atoms with van der Waals surface area (Å²) in [4.78, 5) is 34.0. The minimum absolute atomic E-state index is 0.0111. The van der Waals surface area contributed by atoms with Crippen LogP contribution in [0.15, 0.2) is 18.2 Å². The molecule has 144 valence electrons. The molecule has 1 atom stereocenters. The van der Waals surface area contributed by atoms with Gasteiger partial charge in [-0.05, 0) is 37.0 Å². The Morgan fingerprint density at radius 1 is 1.19 bits per heavy atom. The van der Waals surface area contributed by atoms with Crippen LogP contribution in [0.2, 0.25) is 0 Å². The van der Waals surface area contributed by atoms with E-state index < -0.39 is 16.9 Å². The zero-order chi connectivity index (χ0) is 19.7. The Bertz CT molecular complexity index is 641. The summed E-state index contributed by atoms with van der Waals surface area (Å²) in [5.41, 5.74) is 1.18. The van der Waals surface area contributed by atoms with Crippen LogP contribution in [-0.2, 0) is 25.7 Å². The van der Waals surface area contributed by atoms with Gasteiger partial charge in [-0.2, -0.15) is 0 Å². The molecule has 0 bridgehead atoms. The maximum atomic E-state index is 11.9. The summed E-state index contributed by atoms with van der Waals surface area (Å²) in [5.74, 6) is -0.675. The van der Waals surface area contributed by atoms with Crippen molar-refractivity contribution in [3.63, 3.8) is 0 Å². The lowest BCUT2D eigenvalue weighted by molar-refractivity contribution is -0.385. The van der Waals surface area contributed by atoms with Gasteiger partial charge >= 0.3 is 11.9 Å². The van der Waals surface area contributed by atoms with E-state index >= 15 is 0 Å². The maximum absolute atomic E-state index is 11.9. The van der Waals surface area contributed by atoms with Crippen LogP contribution >= 0.6 is 0 Å². The molecule has 0 saturated heterocycles. The average molecular weight is 365 g/mol. The summed E-state index contributed by atoms with van der Waals surface area (Å²) in [6.07, 6.45) is 1.51. The van der Waals surface area contributed by atoms with Gasteiger partial charge in [-0.3, -0.25) is 19.7 Å². The highest BCUT2D eigenvalue weighted by Gasteiger charge is 2.18. The van der Waals surface area contributed by atoms with Gasteiger partial charge in [-0.1, -0.05) is 27.2 Å². The third-order valence-corrected chi connectivity index (χ3v) is 3.99. The summed E-state index contributed by atoms with van der Waals surface area (Å²) in [7, 11) is 0. The highest BCUT2D eigenvalue weighted by atomic mass is 16.6. The Balaban J connectivity index is 2.41. The van der Waals surface area contributed by atoms with Gasteiger partial charge in [0.05, 0.1) is 17.8 Å². The van der Waals surface area contributed by atoms with Gasteiger partial charge in [-0.25, -0.2) is 0 Å². The van der Waals surface area contributed by atoms with E-state index in [9.17, 15) is 19.7 Å². The van der Waals surface area contributed by atoms with Crippen molar-refractivity contribution in [2.75, 3.05) is 0 Å². The molecule has 1 rings (SSSR count). The van der Waals surface area contributed by atoms with Gasteiger partial charge < -0.3 is 9.47 Å². The van der Waals surface area contributed by atoms with E-state index in [1.165, 1.54) is 6.07 Å². The van der Waals surface area contributed by atoms with E-state index in [0.29, 0.717) is 11.1 Å². The van der Waals surface area contributed by atoms with Gasteiger partial charge in [0.15, 0.2) is 0 Å². The van der Waals surface area contributed by atoms with Gasteiger partial charge in [0.2, 0.25) is 0 Å². The average Bonchev–Trinajstić information content (AvgIpc) is 2.57. The van der Waals surface area contributed by atoms with E-state index in [0.717, 1.165) is 12.8 Å². The molecule has 1 aromatic rings. The molecule has 0 aliphatic carbocycles. The van der Waals surface area contributed by atoms with Crippen LogP contribution in [0.25, 0.3) is 0 Å². The number of carbonyl (C=O) groups excluding carboxylic acids is 2. The Labute approximate surface area is 153 Å². The Kier molecular flexibility index (Phi) is 8.75. The van der Waals surface area contributed by atoms with E-state index in [4.69, 9.17) is 9.47 Å². The third-order valence-electron chi connectivity index (χ3n) is 3.99. The zero-order valence-corrected chi connectivity index (χ0v) is 15.8. The zero-order valence-electron chi connectivity index (χ0n) is 15.8. The molecule has 7 nitrogen and oxygen atoms in total. The van der Waals surface area contributed by atoms with Crippen molar-refractivity contribution in [1.82, 2.24) is 0 Å². The number of benzene rings is 1. The molecule has 0 aliphatic rings. The van der Waals surface area contributed by atoms with Crippen LogP contribution in [0.3, 0.4) is 0 Å². The number of aryl methyl sites for hydroxylation is 1. The number of nitro groups is 1. The molecular formula is C19H27NO6. The van der Waals surface area contributed by atoms with Crippen molar-refractivity contribution in [3.05, 3.63) is 39.4 Å². The second-order valence-corrected chi connectivity index (χ2v) is 6.60. The van der Waals surface area contributed by atoms with Crippen LogP contribution < -0.4 is 0 Å². The predicted molar refractivity (Wildman–Crippen MR) is 96.5 cm³/mol. The lowest BCUT2D eigenvalue weighted by Crippen LogP contribution is -2.24. The van der Waals surface area contributed by atoms with Gasteiger partial charge in [0.25, 0.3) is 5.69 Å². The van der Waals surface area contributed by atoms with E-state index in [1.807, 2.05) is 20.8 Å². The van der Waals surface area contributed by atoms with Crippen molar-refractivity contribution in [2.45, 2.75) is 66.1 Å². The quantitative estimate of drug-likeness (QED) is 0.352. The molecule has 0 heterocycles. The topological polar surface area (TPSA) is 95.7 Å². The Morgan fingerprint density at radius 2 is 1.85 bits per heavy atom. The van der Waals surface area contributed by atoms with Crippen molar-refractivity contribution >= 4 is 17.6 Å². The lowest BCUT2D eigenvalue weighted by atomic mass is 10.0. The van der Waals surface area contributed by atoms with Crippen LogP contribution in [0.4, 0.5) is 5.69 Å². The van der Waals surface area contributed by atoms with Crippen molar-refractivity contribution in [2.24, 2.45) is 5.92 Å². The molecule has 1 unspecified atom stereocenters. The first kappa shape index (κ1) is 21.6. The number of hydrogen-bond donors (Lipinski definition) is 0. The van der Waals surface area contributed by atoms with Crippen LogP contribution in [0.5, 0.6) is 0 Å². The number of carbonyl (C=O) groups is 2. The van der Waals surface area contributed by atoms with Gasteiger partial charge in [-0.15, -0.1) is 0 Å². The number of hydrogen-bond acceptors (Lipinski definition) is 6. The minimum atomic E-state index is -0.505. The molecule has 0 N–H and O–H groups in total. The first-order chi connectivity index (χ1) is 12.2. The minimum Gasteiger partial charge on any atom is -0.462 e. The highest BCUT2D eigenvalue weighted by molar-refractivity contribution is 5.77. The van der Waals surface area contributed by atoms with Crippen LogP contribution in [0.1, 0.15) is 57.6 Å². The summed E-state index contributed by atoms with van der Waals surface area (Å²) in [6, 6.07) is 4.54. The Hall–Kier alpha value is -2.44.